The van der Waals surface area contributed by atoms with E-state index in [-0.39, 0.29) is 12.4 Å². The minimum absolute atomic E-state index is 0.0804. The number of benzene rings is 1. The Morgan fingerprint density at radius 2 is 1.80 bits per heavy atom. The minimum Gasteiger partial charge on any atom is -0.448 e. The van der Waals surface area contributed by atoms with Crippen molar-refractivity contribution in [2.75, 3.05) is 31.8 Å². The van der Waals surface area contributed by atoms with Crippen LogP contribution in [-0.2, 0) is 20.8 Å². The molecule has 0 fully saturated rings. The normalized spacial score (nSPS) is 14.9. The molecule has 1 N–H and O–H groups in total. The molecular weight excluding hydrogens is 424 g/mol. The Hall–Kier alpha value is -2.23. The van der Waals surface area contributed by atoms with Gasteiger partial charge in [-0.1, -0.05) is 51.9 Å². The largest absolute Gasteiger partial charge is 0.448 e. The molecule has 1 atom stereocenters. The van der Waals surface area contributed by atoms with Gasteiger partial charge < -0.3 is 14.0 Å². The zero-order valence-corrected chi connectivity index (χ0v) is 18.3. The summed E-state index contributed by atoms with van der Waals surface area (Å²) in [6.45, 7) is 1.45. The van der Waals surface area contributed by atoms with Gasteiger partial charge in [-0.25, -0.2) is 4.79 Å². The molecular formula is C21H24N2O5S2. The van der Waals surface area contributed by atoms with Crippen molar-refractivity contribution in [3.63, 3.8) is 0 Å². The van der Waals surface area contributed by atoms with E-state index in [1.54, 1.807) is 53.0 Å². The number of aromatic nitrogens is 1. The van der Waals surface area contributed by atoms with Crippen molar-refractivity contribution in [2.45, 2.75) is 18.9 Å². The van der Waals surface area contributed by atoms with Crippen LogP contribution in [0.2, 0.25) is 0 Å². The molecule has 1 aromatic heterocycles. The second kappa shape index (κ2) is 11.2. The summed E-state index contributed by atoms with van der Waals surface area (Å²) in [4.78, 5) is 37.2. The topological polar surface area (TPSA) is 86.6 Å². The first-order valence-corrected chi connectivity index (χ1v) is 12.1. The lowest BCUT2D eigenvalue weighted by molar-refractivity contribution is -0.121. The predicted octanol–water partition coefficient (Wildman–Crippen LogP) is 3.49. The first-order valence-electron chi connectivity index (χ1n) is 9.62. The molecule has 160 valence electrons. The third-order valence-corrected chi connectivity index (χ3v) is 7.01. The molecule has 1 aliphatic heterocycles. The van der Waals surface area contributed by atoms with E-state index in [1.165, 1.54) is 0 Å². The number of nitrogens with zero attached hydrogens (tertiary/aromatic N) is 1. The number of rotatable bonds is 10. The maximum Gasteiger partial charge on any atom is 0.413 e. The summed E-state index contributed by atoms with van der Waals surface area (Å²) in [5.41, 5.74) is 1.90. The van der Waals surface area contributed by atoms with E-state index in [0.717, 1.165) is 11.4 Å². The van der Waals surface area contributed by atoms with Gasteiger partial charge in [0.25, 0.3) is 0 Å². The van der Waals surface area contributed by atoms with Gasteiger partial charge in [-0.05, 0) is 18.6 Å². The Labute approximate surface area is 183 Å². The second-order valence-corrected chi connectivity index (χ2v) is 9.30. The molecule has 0 bridgehead atoms. The molecule has 30 heavy (non-hydrogen) atoms. The lowest BCUT2D eigenvalue weighted by Gasteiger charge is -2.10. The van der Waals surface area contributed by atoms with E-state index in [9.17, 15) is 14.4 Å². The number of ether oxygens (including phenoxy) is 2. The number of hydrogen-bond acceptors (Lipinski definition) is 7. The maximum atomic E-state index is 12.7. The van der Waals surface area contributed by atoms with Gasteiger partial charge >= 0.3 is 6.09 Å². The van der Waals surface area contributed by atoms with Gasteiger partial charge in [0.05, 0.1) is 18.2 Å². The highest BCUT2D eigenvalue weighted by atomic mass is 33.1. The molecule has 0 radical (unpaired) electrons. The average Bonchev–Trinajstić information content (AvgIpc) is 3.35. The highest BCUT2D eigenvalue weighted by Gasteiger charge is 2.32. The Morgan fingerprint density at radius 3 is 2.53 bits per heavy atom. The molecule has 1 aliphatic rings. The SMILES string of the molecule is COCCSSCCOC(=O)NC(=O)C1CCn2c(C(=O)c3ccccc3)ccc21. The van der Waals surface area contributed by atoms with Crippen molar-refractivity contribution in [1.29, 1.82) is 0 Å². The van der Waals surface area contributed by atoms with Crippen LogP contribution >= 0.6 is 21.6 Å². The number of ketones is 1. The van der Waals surface area contributed by atoms with Gasteiger partial charge in [-0.3, -0.25) is 14.9 Å². The first-order chi connectivity index (χ1) is 14.6. The lowest BCUT2D eigenvalue weighted by atomic mass is 10.0. The van der Waals surface area contributed by atoms with Crippen LogP contribution in [0.3, 0.4) is 0 Å². The summed E-state index contributed by atoms with van der Waals surface area (Å²) < 4.78 is 11.9. The van der Waals surface area contributed by atoms with Gasteiger partial charge in [-0.2, -0.15) is 0 Å². The zero-order valence-electron chi connectivity index (χ0n) is 16.7. The van der Waals surface area contributed by atoms with Crippen LogP contribution in [0.5, 0.6) is 0 Å². The van der Waals surface area contributed by atoms with Crippen LogP contribution in [0.4, 0.5) is 4.79 Å². The van der Waals surface area contributed by atoms with E-state index < -0.39 is 17.9 Å². The Balaban J connectivity index is 1.49. The molecule has 7 nitrogen and oxygen atoms in total. The van der Waals surface area contributed by atoms with E-state index >= 15 is 0 Å². The average molecular weight is 449 g/mol. The summed E-state index contributed by atoms with van der Waals surface area (Å²) >= 11 is 0. The van der Waals surface area contributed by atoms with Gasteiger partial charge in [0.2, 0.25) is 11.7 Å². The summed E-state index contributed by atoms with van der Waals surface area (Å²) in [5, 5.41) is 2.31. The fourth-order valence-corrected chi connectivity index (χ4v) is 5.01. The Morgan fingerprint density at radius 1 is 1.07 bits per heavy atom. The number of hydrogen-bond donors (Lipinski definition) is 1. The summed E-state index contributed by atoms with van der Waals surface area (Å²) in [6.07, 6.45) is -0.204. The lowest BCUT2D eigenvalue weighted by Crippen LogP contribution is -2.34. The highest BCUT2D eigenvalue weighted by molar-refractivity contribution is 8.76. The van der Waals surface area contributed by atoms with E-state index in [0.29, 0.717) is 36.6 Å². The van der Waals surface area contributed by atoms with Gasteiger partial charge in [0.15, 0.2) is 0 Å². The van der Waals surface area contributed by atoms with Crippen molar-refractivity contribution in [2.24, 2.45) is 0 Å². The minimum atomic E-state index is -0.743. The molecule has 9 heteroatoms. The van der Waals surface area contributed by atoms with Crippen LogP contribution in [0, 0.1) is 0 Å². The Bertz CT molecular complexity index is 885. The number of methoxy groups -OCH3 is 1. The molecule has 0 saturated heterocycles. The van der Waals surface area contributed by atoms with E-state index in [1.807, 2.05) is 22.8 Å². The smallest absolute Gasteiger partial charge is 0.413 e. The Kier molecular flexibility index (Phi) is 8.41. The first kappa shape index (κ1) is 22.5. The van der Waals surface area contributed by atoms with Crippen LogP contribution in [0.25, 0.3) is 0 Å². The van der Waals surface area contributed by atoms with Crippen molar-refractivity contribution < 1.29 is 23.9 Å². The van der Waals surface area contributed by atoms with Crippen molar-refractivity contribution >= 4 is 39.4 Å². The number of alkyl carbamates (subject to hydrolysis) is 1. The quantitative estimate of drug-likeness (QED) is 0.338. The standard InChI is InChI=1S/C21H24N2O5S2/c1-27-11-13-29-30-14-12-28-21(26)22-20(25)16-9-10-23-17(16)7-8-18(23)19(24)15-5-3-2-4-6-15/h2-8,16H,9-14H2,1H3,(H,22,25,26). The monoisotopic (exact) mass is 448 g/mol. The summed E-state index contributed by atoms with van der Waals surface area (Å²) in [6, 6.07) is 12.6. The highest BCUT2D eigenvalue weighted by Crippen LogP contribution is 2.31. The fourth-order valence-electron chi connectivity index (χ4n) is 3.27. The van der Waals surface area contributed by atoms with Crippen LogP contribution < -0.4 is 5.32 Å². The van der Waals surface area contributed by atoms with Crippen LogP contribution in [0.15, 0.2) is 42.5 Å². The van der Waals surface area contributed by atoms with Crippen LogP contribution in [0.1, 0.15) is 34.1 Å². The molecule has 0 aliphatic carbocycles. The van der Waals surface area contributed by atoms with E-state index in [4.69, 9.17) is 9.47 Å². The maximum absolute atomic E-state index is 12.7. The third kappa shape index (κ3) is 5.68. The molecule has 2 heterocycles. The molecule has 1 unspecified atom stereocenters. The number of imide groups is 1. The van der Waals surface area contributed by atoms with Crippen molar-refractivity contribution in [3.8, 4) is 0 Å². The molecule has 1 aromatic carbocycles. The fraction of sp³-hybridized carbons (Fsp3) is 0.381. The van der Waals surface area contributed by atoms with Gasteiger partial charge in [0.1, 0.15) is 6.61 Å². The molecule has 0 saturated carbocycles. The second-order valence-electron chi connectivity index (χ2n) is 6.59. The molecule has 3 rings (SSSR count). The number of carbonyl (C=O) groups is 3. The van der Waals surface area contributed by atoms with E-state index in [2.05, 4.69) is 5.32 Å². The van der Waals surface area contributed by atoms with Crippen molar-refractivity contribution in [3.05, 3.63) is 59.4 Å². The molecule has 2 aromatic rings. The third-order valence-electron chi connectivity index (χ3n) is 4.68. The van der Waals surface area contributed by atoms with Crippen LogP contribution in [-0.4, -0.2) is 54.2 Å². The number of carbonyl (C=O) groups excluding carboxylic acids is 3. The number of amides is 2. The number of fused-ring (bicyclic) bond motifs is 1. The zero-order chi connectivity index (χ0) is 21.3. The number of nitrogens with one attached hydrogen (secondary N) is 1. The van der Waals surface area contributed by atoms with Gasteiger partial charge in [-0.15, -0.1) is 0 Å². The van der Waals surface area contributed by atoms with Crippen molar-refractivity contribution in [1.82, 2.24) is 9.88 Å². The summed E-state index contributed by atoms with van der Waals surface area (Å²) in [5.74, 6) is 0.532. The predicted molar refractivity (Wildman–Crippen MR) is 118 cm³/mol. The van der Waals surface area contributed by atoms with Gasteiger partial charge in [0, 0.05) is 36.4 Å². The molecule has 0 spiro atoms. The summed E-state index contributed by atoms with van der Waals surface area (Å²) in [7, 11) is 4.88. The molecule has 2 amide bonds.